The quantitative estimate of drug-likeness (QED) is 0.593. The molecule has 0 atom stereocenters. The molecule has 0 unspecified atom stereocenters. The summed E-state index contributed by atoms with van der Waals surface area (Å²) in [7, 11) is 0. The van der Waals surface area contributed by atoms with Crippen LogP contribution in [0.15, 0.2) is 24.3 Å². The summed E-state index contributed by atoms with van der Waals surface area (Å²) in [5.74, 6) is 7.05. The van der Waals surface area contributed by atoms with Gasteiger partial charge in [-0.05, 0) is 31.2 Å². The third-order valence-corrected chi connectivity index (χ3v) is 2.01. The largest absolute Gasteiger partial charge is 0.494 e. The highest BCUT2D eigenvalue weighted by Gasteiger charge is 1.90. The van der Waals surface area contributed by atoms with Crippen molar-refractivity contribution in [3.8, 4) is 17.6 Å². The Hall–Kier alpha value is -0.940. The number of alkyl halides is 1. The van der Waals surface area contributed by atoms with Crippen LogP contribution in [0.1, 0.15) is 18.9 Å². The van der Waals surface area contributed by atoms with Crippen molar-refractivity contribution < 1.29 is 4.74 Å². The van der Waals surface area contributed by atoms with Crippen LogP contribution in [0.5, 0.6) is 5.75 Å². The Morgan fingerprint density at radius 2 is 2.00 bits per heavy atom. The van der Waals surface area contributed by atoms with Gasteiger partial charge in [0.05, 0.1) is 6.61 Å². The monoisotopic (exact) mass is 252 g/mol. The lowest BCUT2D eigenvalue weighted by Crippen LogP contribution is -1.90. The predicted molar refractivity (Wildman–Crippen MR) is 62.9 cm³/mol. The van der Waals surface area contributed by atoms with Gasteiger partial charge in [0.15, 0.2) is 0 Å². The predicted octanol–water partition coefficient (Wildman–Crippen LogP) is 3.22. The molecule has 0 spiro atoms. The fourth-order valence-corrected chi connectivity index (χ4v) is 1.21. The summed E-state index contributed by atoms with van der Waals surface area (Å²) in [4.78, 5) is 0. The van der Waals surface area contributed by atoms with Crippen molar-refractivity contribution in [2.45, 2.75) is 13.3 Å². The van der Waals surface area contributed by atoms with Gasteiger partial charge in [-0.2, -0.15) is 0 Å². The minimum atomic E-state index is 0.703. The van der Waals surface area contributed by atoms with E-state index in [1.165, 1.54) is 0 Å². The van der Waals surface area contributed by atoms with Crippen LogP contribution >= 0.6 is 15.9 Å². The van der Waals surface area contributed by atoms with E-state index >= 15 is 0 Å². The molecule has 74 valence electrons. The molecule has 0 aromatic heterocycles. The Kier molecular flexibility index (Phi) is 5.17. The van der Waals surface area contributed by atoms with Crippen LogP contribution in [0, 0.1) is 11.8 Å². The maximum atomic E-state index is 5.33. The maximum absolute atomic E-state index is 5.33. The fraction of sp³-hybridized carbons (Fsp3) is 0.333. The van der Waals surface area contributed by atoms with Gasteiger partial charge in [-0.1, -0.05) is 27.8 Å². The summed E-state index contributed by atoms with van der Waals surface area (Å²) in [5, 5.41) is 0.928. The Morgan fingerprint density at radius 1 is 1.29 bits per heavy atom. The van der Waals surface area contributed by atoms with Gasteiger partial charge in [0, 0.05) is 17.3 Å². The normalized spacial score (nSPS) is 9.00. The molecule has 0 aliphatic heterocycles. The first-order valence-corrected chi connectivity index (χ1v) is 5.76. The average molecular weight is 253 g/mol. The molecular weight excluding hydrogens is 240 g/mol. The maximum Gasteiger partial charge on any atom is 0.119 e. The van der Waals surface area contributed by atoms with Gasteiger partial charge in [0.2, 0.25) is 0 Å². The van der Waals surface area contributed by atoms with Crippen molar-refractivity contribution >= 4 is 15.9 Å². The highest BCUT2D eigenvalue weighted by atomic mass is 79.9. The van der Waals surface area contributed by atoms with Crippen molar-refractivity contribution in [2.24, 2.45) is 0 Å². The Bertz CT molecular complexity index is 318. The van der Waals surface area contributed by atoms with Gasteiger partial charge in [-0.15, -0.1) is 0 Å². The van der Waals surface area contributed by atoms with Crippen molar-refractivity contribution in [1.82, 2.24) is 0 Å². The van der Waals surface area contributed by atoms with Gasteiger partial charge in [0.25, 0.3) is 0 Å². The standard InChI is InChI=1S/C12H13BrO/c1-2-14-12-8-6-11(7-9-12)5-3-4-10-13/h6-9H,2,4,10H2,1H3. The molecule has 0 radical (unpaired) electrons. The molecule has 1 rings (SSSR count). The third kappa shape index (κ3) is 3.85. The first kappa shape index (κ1) is 11.1. The van der Waals surface area contributed by atoms with Crippen LogP contribution in [-0.2, 0) is 0 Å². The van der Waals surface area contributed by atoms with E-state index < -0.39 is 0 Å². The topological polar surface area (TPSA) is 9.23 Å². The van der Waals surface area contributed by atoms with E-state index in [1.54, 1.807) is 0 Å². The number of halogens is 1. The second-order valence-corrected chi connectivity index (χ2v) is 3.49. The highest BCUT2D eigenvalue weighted by molar-refractivity contribution is 9.09. The lowest BCUT2D eigenvalue weighted by Gasteiger charge is -2.01. The second-order valence-electron chi connectivity index (χ2n) is 2.70. The molecular formula is C12H13BrO. The summed E-state index contributed by atoms with van der Waals surface area (Å²) >= 11 is 3.33. The van der Waals surface area contributed by atoms with Crippen LogP contribution in [-0.4, -0.2) is 11.9 Å². The second kappa shape index (κ2) is 6.50. The zero-order chi connectivity index (χ0) is 10.2. The van der Waals surface area contributed by atoms with E-state index in [9.17, 15) is 0 Å². The number of rotatable bonds is 3. The van der Waals surface area contributed by atoms with Gasteiger partial charge in [-0.3, -0.25) is 0 Å². The minimum Gasteiger partial charge on any atom is -0.494 e. The zero-order valence-electron chi connectivity index (χ0n) is 8.22. The molecule has 0 heterocycles. The van der Waals surface area contributed by atoms with Crippen molar-refractivity contribution in [3.63, 3.8) is 0 Å². The molecule has 0 amide bonds. The fourth-order valence-electron chi connectivity index (χ4n) is 1.01. The molecule has 0 aliphatic carbocycles. The lowest BCUT2D eigenvalue weighted by molar-refractivity contribution is 0.340. The third-order valence-electron chi connectivity index (χ3n) is 1.62. The highest BCUT2D eigenvalue weighted by Crippen LogP contribution is 2.11. The molecule has 0 N–H and O–H groups in total. The van der Waals surface area contributed by atoms with Crippen molar-refractivity contribution in [2.75, 3.05) is 11.9 Å². The lowest BCUT2D eigenvalue weighted by atomic mass is 10.2. The van der Waals surface area contributed by atoms with Crippen molar-refractivity contribution in [3.05, 3.63) is 29.8 Å². The molecule has 0 saturated heterocycles. The summed E-state index contributed by atoms with van der Waals surface area (Å²) < 4.78 is 5.33. The summed E-state index contributed by atoms with van der Waals surface area (Å²) in [6.45, 7) is 2.68. The van der Waals surface area contributed by atoms with Gasteiger partial charge in [0.1, 0.15) is 5.75 Å². The number of benzene rings is 1. The summed E-state index contributed by atoms with van der Waals surface area (Å²) in [5.41, 5.74) is 1.04. The van der Waals surface area contributed by atoms with Crippen molar-refractivity contribution in [1.29, 1.82) is 0 Å². The van der Waals surface area contributed by atoms with E-state index in [-0.39, 0.29) is 0 Å². The van der Waals surface area contributed by atoms with E-state index in [2.05, 4.69) is 27.8 Å². The average Bonchev–Trinajstić information content (AvgIpc) is 2.21. The van der Waals surface area contributed by atoms with Gasteiger partial charge >= 0.3 is 0 Å². The van der Waals surface area contributed by atoms with Gasteiger partial charge in [-0.25, -0.2) is 0 Å². The minimum absolute atomic E-state index is 0.703. The van der Waals surface area contributed by atoms with Crippen LogP contribution < -0.4 is 4.74 Å². The number of hydrogen-bond acceptors (Lipinski definition) is 1. The SMILES string of the molecule is CCOc1ccc(C#CCCBr)cc1. The molecule has 0 aliphatic rings. The van der Waals surface area contributed by atoms with E-state index in [4.69, 9.17) is 4.74 Å². The summed E-state index contributed by atoms with van der Waals surface area (Å²) in [6, 6.07) is 7.85. The first-order valence-electron chi connectivity index (χ1n) is 4.64. The van der Waals surface area contributed by atoms with E-state index in [1.807, 2.05) is 31.2 Å². The molecule has 1 nitrogen and oxygen atoms in total. The molecule has 0 fully saturated rings. The molecule has 2 heteroatoms. The Morgan fingerprint density at radius 3 is 2.57 bits per heavy atom. The van der Waals surface area contributed by atoms with Gasteiger partial charge < -0.3 is 4.74 Å². The molecule has 1 aromatic rings. The molecule has 0 bridgehead atoms. The summed E-state index contributed by atoms with van der Waals surface area (Å²) in [6.07, 6.45) is 0.882. The molecule has 0 saturated carbocycles. The number of ether oxygens (including phenoxy) is 1. The Balaban J connectivity index is 2.60. The zero-order valence-corrected chi connectivity index (χ0v) is 9.80. The van der Waals surface area contributed by atoms with Crippen LogP contribution in [0.4, 0.5) is 0 Å². The van der Waals surface area contributed by atoms with Crippen LogP contribution in [0.25, 0.3) is 0 Å². The smallest absolute Gasteiger partial charge is 0.119 e. The Labute approximate surface area is 93.6 Å². The van der Waals surface area contributed by atoms with Crippen LogP contribution in [0.3, 0.4) is 0 Å². The molecule has 14 heavy (non-hydrogen) atoms. The molecule has 1 aromatic carbocycles. The van der Waals surface area contributed by atoms with E-state index in [0.717, 1.165) is 23.1 Å². The van der Waals surface area contributed by atoms with E-state index in [0.29, 0.717) is 6.61 Å². The first-order chi connectivity index (χ1) is 6.86. The number of hydrogen-bond donors (Lipinski definition) is 0. The van der Waals surface area contributed by atoms with Crippen LogP contribution in [0.2, 0.25) is 0 Å².